The lowest BCUT2D eigenvalue weighted by Crippen LogP contribution is -2.43. The molecule has 0 radical (unpaired) electrons. The fraction of sp³-hybridized carbons (Fsp3) is 0.714. The average molecular weight is 311 g/mol. The number of nitrogens with zero attached hydrogens (tertiary/aromatic N) is 2. The number of anilines is 1. The van der Waals surface area contributed by atoms with Crippen molar-refractivity contribution < 1.29 is 14.3 Å². The van der Waals surface area contributed by atoms with Gasteiger partial charge < -0.3 is 15.2 Å². The Bertz CT molecular complexity index is 520. The molecule has 1 unspecified atom stereocenters. The minimum atomic E-state index is -0.484. The van der Waals surface area contributed by atoms with E-state index in [1.165, 1.54) is 7.11 Å². The number of carbonyl (C=O) groups excluding carboxylic acids is 1. The molecule has 21 heavy (non-hydrogen) atoms. The second-order valence-electron chi connectivity index (χ2n) is 5.70. The Balaban J connectivity index is 1.78. The first-order valence-corrected chi connectivity index (χ1v) is 8.44. The number of thioether (sulfide) groups is 1. The van der Waals surface area contributed by atoms with Crippen LogP contribution in [-0.4, -0.2) is 46.6 Å². The van der Waals surface area contributed by atoms with Crippen LogP contribution in [0.15, 0.2) is 6.20 Å². The highest BCUT2D eigenvalue weighted by Gasteiger charge is 2.39. The van der Waals surface area contributed by atoms with E-state index < -0.39 is 5.97 Å². The predicted octanol–water partition coefficient (Wildman–Crippen LogP) is 1.87. The van der Waals surface area contributed by atoms with Crippen LogP contribution in [0.2, 0.25) is 0 Å². The fourth-order valence-corrected chi connectivity index (χ4v) is 4.40. The van der Waals surface area contributed by atoms with Gasteiger partial charge in [0.2, 0.25) is 0 Å². The minimum absolute atomic E-state index is 0.0136. The van der Waals surface area contributed by atoms with Gasteiger partial charge in [-0.1, -0.05) is 0 Å². The largest absolute Gasteiger partial charge is 0.464 e. The Labute approximate surface area is 128 Å². The zero-order valence-electron chi connectivity index (χ0n) is 12.2. The van der Waals surface area contributed by atoms with Crippen molar-refractivity contribution in [2.24, 2.45) is 0 Å². The van der Waals surface area contributed by atoms with Gasteiger partial charge in [-0.3, -0.25) is 4.68 Å². The molecule has 2 N–H and O–H groups in total. The van der Waals surface area contributed by atoms with Crippen molar-refractivity contribution in [1.82, 2.24) is 9.78 Å². The molecule has 1 spiro atoms. The van der Waals surface area contributed by atoms with Crippen molar-refractivity contribution in [3.05, 3.63) is 11.9 Å². The molecule has 2 aliphatic heterocycles. The summed E-state index contributed by atoms with van der Waals surface area (Å²) >= 11 is 1.99. The summed E-state index contributed by atoms with van der Waals surface area (Å²) in [5.41, 5.74) is 6.44. The fourth-order valence-electron chi connectivity index (χ4n) is 3.17. The van der Waals surface area contributed by atoms with Crippen molar-refractivity contribution >= 4 is 23.4 Å². The number of ether oxygens (including phenoxy) is 2. The summed E-state index contributed by atoms with van der Waals surface area (Å²) in [6, 6.07) is 0.238. The number of rotatable bonds is 2. The normalized spacial score (nSPS) is 24.9. The molecule has 0 saturated carbocycles. The molecule has 1 atom stereocenters. The third kappa shape index (κ3) is 2.89. The third-order valence-corrected chi connectivity index (χ3v) is 5.37. The molecule has 1 aromatic heterocycles. The second kappa shape index (κ2) is 5.88. The summed E-state index contributed by atoms with van der Waals surface area (Å²) in [6.07, 6.45) is 5.77. The minimum Gasteiger partial charge on any atom is -0.464 e. The van der Waals surface area contributed by atoms with Gasteiger partial charge in [0, 0.05) is 12.8 Å². The maximum atomic E-state index is 11.6. The molecular formula is C14H21N3O3S. The van der Waals surface area contributed by atoms with Crippen LogP contribution in [0.5, 0.6) is 0 Å². The number of hydrogen-bond acceptors (Lipinski definition) is 6. The predicted molar refractivity (Wildman–Crippen MR) is 81.5 cm³/mol. The molecule has 6 nitrogen and oxygen atoms in total. The van der Waals surface area contributed by atoms with Gasteiger partial charge in [0.15, 0.2) is 5.69 Å². The van der Waals surface area contributed by atoms with Crippen molar-refractivity contribution in [2.45, 2.75) is 37.3 Å². The van der Waals surface area contributed by atoms with Crippen molar-refractivity contribution in [3.63, 3.8) is 0 Å². The maximum Gasteiger partial charge on any atom is 0.360 e. The van der Waals surface area contributed by atoms with Crippen LogP contribution in [0.4, 0.5) is 5.69 Å². The Morgan fingerprint density at radius 1 is 1.57 bits per heavy atom. The van der Waals surface area contributed by atoms with Crippen LogP contribution < -0.4 is 5.73 Å². The third-order valence-electron chi connectivity index (χ3n) is 4.38. The van der Waals surface area contributed by atoms with Crippen LogP contribution in [0.25, 0.3) is 0 Å². The van der Waals surface area contributed by atoms with E-state index >= 15 is 0 Å². The molecule has 1 aromatic rings. The van der Waals surface area contributed by atoms with Gasteiger partial charge in [-0.15, -0.1) is 0 Å². The zero-order chi connectivity index (χ0) is 14.9. The molecule has 0 bridgehead atoms. The second-order valence-corrected chi connectivity index (χ2v) is 6.92. The van der Waals surface area contributed by atoms with Gasteiger partial charge in [0.25, 0.3) is 0 Å². The summed E-state index contributed by atoms with van der Waals surface area (Å²) in [6.45, 7) is 0.739. The summed E-state index contributed by atoms with van der Waals surface area (Å²) in [5.74, 6) is 1.82. The van der Waals surface area contributed by atoms with Crippen molar-refractivity contribution in [3.8, 4) is 0 Å². The number of aromatic nitrogens is 2. The van der Waals surface area contributed by atoms with E-state index in [4.69, 9.17) is 15.2 Å². The van der Waals surface area contributed by atoms with Crippen LogP contribution in [0.1, 0.15) is 42.2 Å². The smallest absolute Gasteiger partial charge is 0.360 e. The summed E-state index contributed by atoms with van der Waals surface area (Å²) in [5, 5.41) is 4.34. The monoisotopic (exact) mass is 311 g/mol. The van der Waals surface area contributed by atoms with E-state index in [-0.39, 0.29) is 17.3 Å². The molecule has 0 aliphatic carbocycles. The van der Waals surface area contributed by atoms with Crippen LogP contribution in [-0.2, 0) is 9.47 Å². The van der Waals surface area contributed by atoms with Gasteiger partial charge in [0.05, 0.1) is 24.4 Å². The topological polar surface area (TPSA) is 79.4 Å². The Hall–Kier alpha value is -1.21. The van der Waals surface area contributed by atoms with E-state index in [1.807, 2.05) is 16.4 Å². The van der Waals surface area contributed by atoms with Gasteiger partial charge >= 0.3 is 5.97 Å². The van der Waals surface area contributed by atoms with Gasteiger partial charge in [-0.25, -0.2) is 4.79 Å². The van der Waals surface area contributed by atoms with Gasteiger partial charge in [0.1, 0.15) is 0 Å². The van der Waals surface area contributed by atoms with E-state index in [1.54, 1.807) is 6.20 Å². The number of nitrogen functional groups attached to an aromatic ring is 1. The first-order chi connectivity index (χ1) is 10.1. The SMILES string of the molecule is COC(=O)c1nn(C2CCOC3(CCSCC3)C2)cc1N. The van der Waals surface area contributed by atoms with Gasteiger partial charge in [-0.2, -0.15) is 16.9 Å². The molecule has 7 heteroatoms. The molecule has 3 rings (SSSR count). The molecule has 0 amide bonds. The molecule has 2 saturated heterocycles. The lowest BCUT2D eigenvalue weighted by Gasteiger charge is -2.43. The van der Waals surface area contributed by atoms with E-state index in [0.29, 0.717) is 5.69 Å². The van der Waals surface area contributed by atoms with Crippen LogP contribution in [0, 0.1) is 0 Å². The maximum absolute atomic E-state index is 11.6. The van der Waals surface area contributed by atoms with Crippen molar-refractivity contribution in [2.75, 3.05) is 31.0 Å². The molecule has 2 fully saturated rings. The number of esters is 1. The molecule has 0 aromatic carbocycles. The Morgan fingerprint density at radius 3 is 3.05 bits per heavy atom. The highest BCUT2D eigenvalue weighted by Crippen LogP contribution is 2.41. The van der Waals surface area contributed by atoms with Crippen molar-refractivity contribution in [1.29, 1.82) is 0 Å². The number of hydrogen-bond donors (Lipinski definition) is 1. The summed E-state index contributed by atoms with van der Waals surface area (Å²) < 4.78 is 12.6. The Morgan fingerprint density at radius 2 is 2.33 bits per heavy atom. The summed E-state index contributed by atoms with van der Waals surface area (Å²) in [7, 11) is 1.34. The highest BCUT2D eigenvalue weighted by molar-refractivity contribution is 7.99. The summed E-state index contributed by atoms with van der Waals surface area (Å²) in [4.78, 5) is 11.6. The number of nitrogens with two attached hydrogens (primary N) is 1. The van der Waals surface area contributed by atoms with E-state index in [0.717, 1.165) is 43.8 Å². The lowest BCUT2D eigenvalue weighted by atomic mass is 9.85. The molecular weight excluding hydrogens is 290 g/mol. The Kier molecular flexibility index (Phi) is 4.12. The number of methoxy groups -OCH3 is 1. The first-order valence-electron chi connectivity index (χ1n) is 7.28. The first kappa shape index (κ1) is 14.7. The van der Waals surface area contributed by atoms with Crippen LogP contribution in [0.3, 0.4) is 0 Å². The average Bonchev–Trinajstić information content (AvgIpc) is 2.89. The standard InChI is InChI=1S/C14H21N3O3S/c1-19-13(18)12-11(15)9-17(16-12)10-2-5-20-14(8-10)3-6-21-7-4-14/h9-10H,2-8,15H2,1H3. The molecule has 3 heterocycles. The number of carbonyl (C=O) groups is 1. The van der Waals surface area contributed by atoms with E-state index in [2.05, 4.69) is 5.10 Å². The molecule has 116 valence electrons. The quantitative estimate of drug-likeness (QED) is 0.840. The van der Waals surface area contributed by atoms with Gasteiger partial charge in [-0.05, 0) is 37.2 Å². The van der Waals surface area contributed by atoms with E-state index in [9.17, 15) is 4.79 Å². The highest BCUT2D eigenvalue weighted by atomic mass is 32.2. The lowest BCUT2D eigenvalue weighted by molar-refractivity contribution is -0.100. The molecule has 2 aliphatic rings. The van der Waals surface area contributed by atoms with Crippen LogP contribution >= 0.6 is 11.8 Å². The zero-order valence-corrected chi connectivity index (χ0v) is 13.0.